The Bertz CT molecular complexity index is 1380. The van der Waals surface area contributed by atoms with Gasteiger partial charge < -0.3 is 0 Å². The number of carbonyl (C=O) groups is 3. The van der Waals surface area contributed by atoms with Gasteiger partial charge in [0.05, 0.1) is 0 Å². The van der Waals surface area contributed by atoms with Gasteiger partial charge in [0.25, 0.3) is 0 Å². The second kappa shape index (κ2) is 13.2. The van der Waals surface area contributed by atoms with Crippen LogP contribution in [0.25, 0.3) is 11.1 Å². The van der Waals surface area contributed by atoms with Crippen molar-refractivity contribution < 1.29 is 28.6 Å². The Kier molecular flexibility index (Phi) is 9.69. The molecule has 0 aliphatic heterocycles. The van der Waals surface area contributed by atoms with E-state index in [4.69, 9.17) is 14.2 Å². The SMILES string of the molecule is C=CCOC(=O)[C@@H](NC(=O)OCC1c2ccccc2-c2ccccc21)[C@H](C)[Se]c1cccc(C(=O)OC(C)(C)C)c1. The molecule has 1 aliphatic rings. The van der Waals surface area contributed by atoms with Crippen molar-refractivity contribution in [1.82, 2.24) is 5.32 Å². The molecular weight excluding hydrogens is 585 g/mol. The summed E-state index contributed by atoms with van der Waals surface area (Å²) < 4.78 is 17.4. The molecule has 0 unspecified atom stereocenters. The third-order valence-electron chi connectivity index (χ3n) is 6.47. The Balaban J connectivity index is 1.45. The molecule has 2 atom stereocenters. The van der Waals surface area contributed by atoms with E-state index in [1.165, 1.54) is 6.08 Å². The summed E-state index contributed by atoms with van der Waals surface area (Å²) in [5.41, 5.74) is 4.29. The molecule has 41 heavy (non-hydrogen) atoms. The quantitative estimate of drug-likeness (QED) is 0.141. The van der Waals surface area contributed by atoms with Gasteiger partial charge in [-0.05, 0) is 0 Å². The summed E-state index contributed by atoms with van der Waals surface area (Å²) in [6.07, 6.45) is 0.778. The molecule has 0 radical (unpaired) electrons. The van der Waals surface area contributed by atoms with Gasteiger partial charge >= 0.3 is 248 Å². The van der Waals surface area contributed by atoms with Gasteiger partial charge in [-0.15, -0.1) is 0 Å². The summed E-state index contributed by atoms with van der Waals surface area (Å²) in [5, 5.41) is 2.74. The van der Waals surface area contributed by atoms with E-state index in [0.717, 1.165) is 26.7 Å². The summed E-state index contributed by atoms with van der Waals surface area (Å²) in [7, 11) is 0. The zero-order chi connectivity index (χ0) is 29.6. The van der Waals surface area contributed by atoms with Crippen molar-refractivity contribution in [2.24, 2.45) is 0 Å². The Morgan fingerprint density at radius 2 is 1.59 bits per heavy atom. The van der Waals surface area contributed by atoms with Crippen LogP contribution in [-0.4, -0.2) is 57.8 Å². The van der Waals surface area contributed by atoms with Crippen molar-refractivity contribution in [2.75, 3.05) is 13.2 Å². The second-order valence-corrected chi connectivity index (χ2v) is 13.8. The third kappa shape index (κ3) is 7.66. The fourth-order valence-electron chi connectivity index (χ4n) is 4.68. The first-order chi connectivity index (χ1) is 19.6. The number of esters is 2. The predicted molar refractivity (Wildman–Crippen MR) is 160 cm³/mol. The molecule has 1 aliphatic carbocycles. The number of carbonyl (C=O) groups excluding carboxylic acids is 3. The summed E-state index contributed by atoms with van der Waals surface area (Å²) in [4.78, 5) is 38.3. The first-order valence-electron chi connectivity index (χ1n) is 13.5. The summed E-state index contributed by atoms with van der Waals surface area (Å²) >= 11 is -0.299. The van der Waals surface area contributed by atoms with Crippen LogP contribution in [0.2, 0.25) is 4.82 Å². The van der Waals surface area contributed by atoms with E-state index in [1.54, 1.807) is 18.2 Å². The maximum atomic E-state index is 13.0. The van der Waals surface area contributed by atoms with Crippen LogP contribution in [0.5, 0.6) is 0 Å². The van der Waals surface area contributed by atoms with Crippen LogP contribution in [0, 0.1) is 0 Å². The van der Waals surface area contributed by atoms with E-state index in [2.05, 4.69) is 24.0 Å². The number of hydrogen-bond donors (Lipinski definition) is 1. The van der Waals surface area contributed by atoms with Gasteiger partial charge in [0.2, 0.25) is 0 Å². The molecule has 3 aromatic carbocycles. The van der Waals surface area contributed by atoms with Crippen LogP contribution in [0.3, 0.4) is 0 Å². The van der Waals surface area contributed by atoms with Crippen LogP contribution in [0.15, 0.2) is 85.5 Å². The summed E-state index contributed by atoms with van der Waals surface area (Å²) in [6.45, 7) is 11.1. The van der Waals surface area contributed by atoms with Crippen molar-refractivity contribution in [2.45, 2.75) is 50.1 Å². The van der Waals surface area contributed by atoms with Gasteiger partial charge in [0, 0.05) is 0 Å². The van der Waals surface area contributed by atoms with Gasteiger partial charge in [-0.2, -0.15) is 0 Å². The standard InChI is InChI=1S/C33H35NO6Se/c1-6-18-38-31(36)29(21(2)41-23-13-11-12-22(19-23)30(35)40-33(3,4)5)34-32(37)39-20-28-26-16-9-7-14-24(26)25-15-8-10-17-27(25)28/h6-17,19,21,28-29H,1,18,20H2,2-5H3,(H,34,37)/t21-,29-/m0/s1. The Hall–Kier alpha value is -3.87. The average Bonchev–Trinajstić information content (AvgIpc) is 3.26. The summed E-state index contributed by atoms with van der Waals surface area (Å²) in [6, 6.07) is 22.4. The van der Waals surface area contributed by atoms with Crippen molar-refractivity contribution in [3.05, 3.63) is 102 Å². The first-order valence-corrected chi connectivity index (χ1v) is 15.3. The van der Waals surface area contributed by atoms with Gasteiger partial charge in [0.1, 0.15) is 0 Å². The number of alkyl carbamates (subject to hydrolysis) is 1. The molecule has 0 aromatic heterocycles. The number of ether oxygens (including phenoxy) is 3. The molecule has 0 saturated carbocycles. The van der Waals surface area contributed by atoms with Gasteiger partial charge in [-0.25, -0.2) is 0 Å². The van der Waals surface area contributed by atoms with E-state index < -0.39 is 29.7 Å². The molecule has 0 heterocycles. The molecule has 0 saturated heterocycles. The predicted octanol–water partition coefficient (Wildman–Crippen LogP) is 5.42. The topological polar surface area (TPSA) is 90.9 Å². The van der Waals surface area contributed by atoms with Gasteiger partial charge in [-0.3, -0.25) is 0 Å². The number of hydrogen-bond acceptors (Lipinski definition) is 6. The minimum atomic E-state index is -0.948. The van der Waals surface area contributed by atoms with Crippen LogP contribution in [0.1, 0.15) is 55.1 Å². The monoisotopic (exact) mass is 621 g/mol. The minimum absolute atomic E-state index is 0.0234. The number of amides is 1. The summed E-state index contributed by atoms with van der Waals surface area (Å²) in [5.74, 6) is -1.09. The fourth-order valence-corrected chi connectivity index (χ4v) is 6.98. The molecule has 1 N–H and O–H groups in total. The van der Waals surface area contributed by atoms with Gasteiger partial charge in [0.15, 0.2) is 0 Å². The normalized spacial score (nSPS) is 13.8. The molecule has 8 heteroatoms. The number of fused-ring (bicyclic) bond motifs is 3. The third-order valence-corrected chi connectivity index (χ3v) is 8.93. The molecule has 1 amide bonds. The van der Waals surface area contributed by atoms with E-state index in [0.29, 0.717) is 5.56 Å². The Labute approximate surface area is 247 Å². The van der Waals surface area contributed by atoms with Crippen LogP contribution < -0.4 is 9.78 Å². The van der Waals surface area contributed by atoms with Crippen molar-refractivity contribution in [3.8, 4) is 11.1 Å². The number of nitrogens with one attached hydrogen (secondary N) is 1. The molecule has 7 nitrogen and oxygen atoms in total. The molecule has 0 fully saturated rings. The maximum absolute atomic E-state index is 13.0. The zero-order valence-corrected chi connectivity index (χ0v) is 25.4. The van der Waals surface area contributed by atoms with Crippen LogP contribution >= 0.6 is 0 Å². The van der Waals surface area contributed by atoms with E-state index in [9.17, 15) is 14.4 Å². The van der Waals surface area contributed by atoms with Gasteiger partial charge in [-0.1, -0.05) is 0 Å². The van der Waals surface area contributed by atoms with E-state index >= 15 is 0 Å². The van der Waals surface area contributed by atoms with Crippen molar-refractivity contribution in [1.29, 1.82) is 0 Å². The molecule has 3 aromatic rings. The van der Waals surface area contributed by atoms with Crippen molar-refractivity contribution in [3.63, 3.8) is 0 Å². The number of benzene rings is 3. The van der Waals surface area contributed by atoms with E-state index in [-0.39, 0.29) is 38.9 Å². The zero-order valence-electron chi connectivity index (χ0n) is 23.7. The fraction of sp³-hybridized carbons (Fsp3) is 0.303. The van der Waals surface area contributed by atoms with Crippen molar-refractivity contribution >= 4 is 37.5 Å². The second-order valence-electron chi connectivity index (χ2n) is 10.7. The molecule has 0 spiro atoms. The average molecular weight is 621 g/mol. The van der Waals surface area contributed by atoms with E-state index in [1.807, 2.05) is 70.2 Å². The molecule has 0 bridgehead atoms. The molecule has 4 rings (SSSR count). The first kappa shape index (κ1) is 30.1. The van der Waals surface area contributed by atoms with Crippen LogP contribution in [-0.2, 0) is 19.0 Å². The molecular formula is C33H35NO6Se. The number of rotatable bonds is 10. The Morgan fingerprint density at radius 3 is 2.20 bits per heavy atom. The molecule has 214 valence electrons. The Morgan fingerprint density at radius 1 is 0.951 bits per heavy atom. The van der Waals surface area contributed by atoms with Crippen LogP contribution in [0.4, 0.5) is 4.79 Å².